The van der Waals surface area contributed by atoms with Crippen LogP contribution < -0.4 is 10.2 Å². The molecule has 0 radical (unpaired) electrons. The van der Waals surface area contributed by atoms with Crippen LogP contribution in [0.4, 0.5) is 5.69 Å². The maximum atomic E-state index is 5.46. The Labute approximate surface area is 127 Å². The molecule has 0 saturated carbocycles. The number of rotatable bonds is 9. The van der Waals surface area contributed by atoms with Crippen molar-refractivity contribution in [3.05, 3.63) is 42.5 Å². The monoisotopic (exact) mass is 290 g/mol. The number of hydrogen-bond donors (Lipinski definition) is 1. The van der Waals surface area contributed by atoms with Gasteiger partial charge in [-0.25, -0.2) is 0 Å². The van der Waals surface area contributed by atoms with E-state index in [4.69, 9.17) is 9.47 Å². The Kier molecular flexibility index (Phi) is 7.29. The van der Waals surface area contributed by atoms with E-state index < -0.39 is 0 Å². The molecule has 4 nitrogen and oxygen atoms in total. The van der Waals surface area contributed by atoms with Crippen LogP contribution >= 0.6 is 0 Å². The summed E-state index contributed by atoms with van der Waals surface area (Å²) in [5.74, 6) is 0. The highest BCUT2D eigenvalue weighted by atomic mass is 16.5. The number of nitrogens with zero attached hydrogens (tertiary/aromatic N) is 1. The number of anilines is 1. The van der Waals surface area contributed by atoms with E-state index in [0.717, 1.165) is 59.0 Å². The molecule has 21 heavy (non-hydrogen) atoms. The van der Waals surface area contributed by atoms with E-state index in [1.165, 1.54) is 11.3 Å². The van der Waals surface area contributed by atoms with Crippen LogP contribution in [-0.2, 0) is 16.0 Å². The van der Waals surface area contributed by atoms with Crippen molar-refractivity contribution in [2.75, 3.05) is 51.0 Å². The smallest absolute Gasteiger partial charge is 0.0642 e. The Balaban J connectivity index is 1.64. The molecule has 1 aromatic rings. The molecular weight excluding hydrogens is 264 g/mol. The molecule has 1 saturated heterocycles. The summed E-state index contributed by atoms with van der Waals surface area (Å²) in [5.41, 5.74) is 2.59. The van der Waals surface area contributed by atoms with Gasteiger partial charge in [-0.2, -0.15) is 0 Å². The third kappa shape index (κ3) is 5.87. The van der Waals surface area contributed by atoms with Gasteiger partial charge in [-0.05, 0) is 24.1 Å². The van der Waals surface area contributed by atoms with E-state index in [1.807, 2.05) is 6.08 Å². The van der Waals surface area contributed by atoms with E-state index in [2.05, 4.69) is 41.1 Å². The second kappa shape index (κ2) is 9.55. The van der Waals surface area contributed by atoms with Crippen LogP contribution in [0.3, 0.4) is 0 Å². The SMILES string of the molecule is C=CCCOCCNCc1ccc(N2CCOCC2)cc1. The molecule has 1 aliphatic heterocycles. The largest absolute Gasteiger partial charge is 0.380 e. The molecule has 1 aromatic carbocycles. The minimum Gasteiger partial charge on any atom is -0.380 e. The fourth-order valence-electron chi connectivity index (χ4n) is 2.29. The summed E-state index contributed by atoms with van der Waals surface area (Å²) >= 11 is 0. The van der Waals surface area contributed by atoms with Gasteiger partial charge in [0, 0.05) is 31.9 Å². The fourth-order valence-corrected chi connectivity index (χ4v) is 2.29. The molecule has 0 aliphatic carbocycles. The van der Waals surface area contributed by atoms with Gasteiger partial charge in [0.15, 0.2) is 0 Å². The second-order valence-corrected chi connectivity index (χ2v) is 5.13. The van der Waals surface area contributed by atoms with Gasteiger partial charge in [-0.15, -0.1) is 6.58 Å². The van der Waals surface area contributed by atoms with Crippen molar-refractivity contribution in [1.82, 2.24) is 5.32 Å². The van der Waals surface area contributed by atoms with Gasteiger partial charge in [-0.3, -0.25) is 0 Å². The Morgan fingerprint density at radius 2 is 1.95 bits per heavy atom. The predicted molar refractivity (Wildman–Crippen MR) is 86.8 cm³/mol. The van der Waals surface area contributed by atoms with Crippen molar-refractivity contribution < 1.29 is 9.47 Å². The number of morpholine rings is 1. The molecule has 2 rings (SSSR count). The Hall–Kier alpha value is -1.36. The van der Waals surface area contributed by atoms with Crippen molar-refractivity contribution in [2.24, 2.45) is 0 Å². The van der Waals surface area contributed by atoms with Crippen LogP contribution in [0, 0.1) is 0 Å². The molecule has 0 amide bonds. The third-order valence-corrected chi connectivity index (χ3v) is 3.53. The van der Waals surface area contributed by atoms with Gasteiger partial charge in [0.05, 0.1) is 26.4 Å². The lowest BCUT2D eigenvalue weighted by molar-refractivity contribution is 0.122. The zero-order valence-corrected chi connectivity index (χ0v) is 12.7. The molecule has 4 heteroatoms. The third-order valence-electron chi connectivity index (χ3n) is 3.53. The van der Waals surface area contributed by atoms with Crippen molar-refractivity contribution in [2.45, 2.75) is 13.0 Å². The van der Waals surface area contributed by atoms with Crippen LogP contribution in [0.1, 0.15) is 12.0 Å². The summed E-state index contributed by atoms with van der Waals surface area (Å²) in [6, 6.07) is 8.78. The molecule has 1 N–H and O–H groups in total. The van der Waals surface area contributed by atoms with Gasteiger partial charge in [0.25, 0.3) is 0 Å². The zero-order valence-electron chi connectivity index (χ0n) is 12.7. The highest BCUT2D eigenvalue weighted by Crippen LogP contribution is 2.16. The topological polar surface area (TPSA) is 33.7 Å². The first-order valence-corrected chi connectivity index (χ1v) is 7.71. The molecule has 0 unspecified atom stereocenters. The van der Waals surface area contributed by atoms with E-state index in [9.17, 15) is 0 Å². The van der Waals surface area contributed by atoms with E-state index in [-0.39, 0.29) is 0 Å². The summed E-state index contributed by atoms with van der Waals surface area (Å²) in [5, 5.41) is 3.39. The first-order valence-electron chi connectivity index (χ1n) is 7.71. The summed E-state index contributed by atoms with van der Waals surface area (Å²) in [6.07, 6.45) is 2.80. The maximum absolute atomic E-state index is 5.46. The lowest BCUT2D eigenvalue weighted by Gasteiger charge is -2.28. The molecule has 0 spiro atoms. The number of nitrogens with one attached hydrogen (secondary N) is 1. The molecule has 1 fully saturated rings. The molecule has 116 valence electrons. The molecule has 0 bridgehead atoms. The molecule has 1 aliphatic rings. The van der Waals surface area contributed by atoms with Gasteiger partial charge in [0.2, 0.25) is 0 Å². The normalized spacial score (nSPS) is 15.1. The summed E-state index contributed by atoms with van der Waals surface area (Å²) in [4.78, 5) is 2.37. The van der Waals surface area contributed by atoms with Gasteiger partial charge in [0.1, 0.15) is 0 Å². The molecular formula is C17H26N2O2. The minimum absolute atomic E-state index is 0.750. The average Bonchev–Trinajstić information content (AvgIpc) is 2.55. The average molecular weight is 290 g/mol. The lowest BCUT2D eigenvalue weighted by atomic mass is 10.2. The highest BCUT2D eigenvalue weighted by molar-refractivity contribution is 5.47. The van der Waals surface area contributed by atoms with Crippen molar-refractivity contribution in [3.8, 4) is 0 Å². The van der Waals surface area contributed by atoms with Gasteiger partial charge in [-0.1, -0.05) is 18.2 Å². The van der Waals surface area contributed by atoms with Crippen molar-refractivity contribution in [1.29, 1.82) is 0 Å². The number of hydrogen-bond acceptors (Lipinski definition) is 4. The summed E-state index contributed by atoms with van der Waals surface area (Å²) in [6.45, 7) is 10.6. The zero-order chi connectivity index (χ0) is 14.8. The van der Waals surface area contributed by atoms with E-state index in [1.54, 1.807) is 0 Å². The van der Waals surface area contributed by atoms with Crippen LogP contribution in [0.25, 0.3) is 0 Å². The van der Waals surface area contributed by atoms with Crippen LogP contribution in [-0.4, -0.2) is 46.1 Å². The summed E-state index contributed by atoms with van der Waals surface area (Å²) in [7, 11) is 0. The van der Waals surface area contributed by atoms with Crippen molar-refractivity contribution in [3.63, 3.8) is 0 Å². The molecule has 0 atom stereocenters. The fraction of sp³-hybridized carbons (Fsp3) is 0.529. The van der Waals surface area contributed by atoms with Crippen LogP contribution in [0.15, 0.2) is 36.9 Å². The lowest BCUT2D eigenvalue weighted by Crippen LogP contribution is -2.36. The first kappa shape index (κ1) is 16.0. The van der Waals surface area contributed by atoms with Crippen molar-refractivity contribution >= 4 is 5.69 Å². The first-order chi connectivity index (χ1) is 10.4. The van der Waals surface area contributed by atoms with Gasteiger partial charge >= 0.3 is 0 Å². The quantitative estimate of drug-likeness (QED) is 0.558. The number of benzene rings is 1. The predicted octanol–water partition coefficient (Wildman–Crippen LogP) is 2.21. The van der Waals surface area contributed by atoms with Gasteiger partial charge < -0.3 is 19.7 Å². The Bertz CT molecular complexity index is 400. The molecule has 1 heterocycles. The van der Waals surface area contributed by atoms with Crippen LogP contribution in [0.2, 0.25) is 0 Å². The minimum atomic E-state index is 0.750. The highest BCUT2D eigenvalue weighted by Gasteiger charge is 2.10. The standard InChI is InChI=1S/C17H26N2O2/c1-2-3-11-20-12-8-18-15-16-4-6-17(7-5-16)19-9-13-21-14-10-19/h2,4-7,18H,1,3,8-15H2. The number of ether oxygens (including phenoxy) is 2. The second-order valence-electron chi connectivity index (χ2n) is 5.13. The van der Waals surface area contributed by atoms with Crippen LogP contribution in [0.5, 0.6) is 0 Å². The van der Waals surface area contributed by atoms with E-state index >= 15 is 0 Å². The Morgan fingerprint density at radius 1 is 1.19 bits per heavy atom. The Morgan fingerprint density at radius 3 is 2.67 bits per heavy atom. The van der Waals surface area contributed by atoms with E-state index in [0.29, 0.717) is 0 Å². The molecule has 0 aromatic heterocycles. The summed E-state index contributed by atoms with van der Waals surface area (Å²) < 4.78 is 10.8. The maximum Gasteiger partial charge on any atom is 0.0642 e.